The summed E-state index contributed by atoms with van der Waals surface area (Å²) in [6.07, 6.45) is 2.55. The van der Waals surface area contributed by atoms with Crippen molar-refractivity contribution in [3.8, 4) is 17.5 Å². The maximum atomic E-state index is 13.8. The average Bonchev–Trinajstić information content (AvgIpc) is 2.51. The SMILES string of the molecule is CC#N.FC1(F)c2cccnc2-c2ncccc2C1(F)F.F[P-](F)(F)(F)(F)F.[CH3-].[Pd+2]. The van der Waals surface area contributed by atoms with Gasteiger partial charge in [0.15, 0.2) is 0 Å². The molecular weight excluding hydrogens is 550 g/mol. The van der Waals surface area contributed by atoms with Gasteiger partial charge in [-0.15, -0.1) is 0 Å². The molecule has 0 spiro atoms. The van der Waals surface area contributed by atoms with Crippen LogP contribution in [0.5, 0.6) is 0 Å². The van der Waals surface area contributed by atoms with E-state index in [2.05, 4.69) is 9.97 Å². The summed E-state index contributed by atoms with van der Waals surface area (Å²) in [7, 11) is -10.7. The minimum absolute atomic E-state index is 0. The first-order valence-corrected chi connectivity index (χ1v) is 8.90. The Labute approximate surface area is 178 Å². The van der Waals surface area contributed by atoms with E-state index in [4.69, 9.17) is 5.26 Å². The Morgan fingerprint density at radius 2 is 1.03 bits per heavy atom. The van der Waals surface area contributed by atoms with E-state index in [9.17, 15) is 42.7 Å². The molecule has 0 radical (unpaired) electrons. The van der Waals surface area contributed by atoms with Crippen molar-refractivity contribution < 1.29 is 63.2 Å². The fourth-order valence-corrected chi connectivity index (χ4v) is 2.03. The molecule has 2 aromatic rings. The zero-order valence-corrected chi connectivity index (χ0v) is 17.3. The van der Waals surface area contributed by atoms with Crippen LogP contribution < -0.4 is 0 Å². The minimum atomic E-state index is -10.7. The van der Waals surface area contributed by atoms with Crippen LogP contribution >= 0.6 is 7.81 Å². The molecule has 0 aromatic carbocycles. The Bertz CT molecular complexity index is 844. The van der Waals surface area contributed by atoms with E-state index in [1.54, 1.807) is 6.07 Å². The summed E-state index contributed by atoms with van der Waals surface area (Å²) in [5.74, 6) is -8.57. The molecule has 172 valence electrons. The smallest absolute Gasteiger partial charge is 0.358 e. The number of pyridine rings is 2. The van der Waals surface area contributed by atoms with Crippen LogP contribution in [0.3, 0.4) is 0 Å². The second kappa shape index (κ2) is 8.74. The van der Waals surface area contributed by atoms with Crippen molar-refractivity contribution in [3.63, 3.8) is 0 Å². The summed E-state index contributed by atoms with van der Waals surface area (Å²) in [5.41, 5.74) is -1.96. The van der Waals surface area contributed by atoms with E-state index in [1.165, 1.54) is 31.5 Å². The third-order valence-electron chi connectivity index (χ3n) is 2.91. The van der Waals surface area contributed by atoms with Crippen LogP contribution in [0.4, 0.5) is 42.7 Å². The molecular formula is C15H12F10N3PPd. The van der Waals surface area contributed by atoms with Crippen LogP contribution in [-0.4, -0.2) is 9.97 Å². The summed E-state index contributed by atoms with van der Waals surface area (Å²) >= 11 is 0. The molecule has 30 heavy (non-hydrogen) atoms. The fraction of sp³-hybridized carbons (Fsp3) is 0.200. The van der Waals surface area contributed by atoms with Crippen molar-refractivity contribution in [2.45, 2.75) is 18.8 Å². The number of hydrogen-bond acceptors (Lipinski definition) is 3. The number of alkyl halides is 4. The van der Waals surface area contributed by atoms with Gasteiger partial charge >= 0.3 is 65.3 Å². The molecule has 0 saturated heterocycles. The van der Waals surface area contributed by atoms with E-state index in [1.807, 2.05) is 0 Å². The van der Waals surface area contributed by atoms with Crippen molar-refractivity contribution in [3.05, 3.63) is 55.2 Å². The molecule has 2 heterocycles. The van der Waals surface area contributed by atoms with Crippen LogP contribution in [-0.2, 0) is 32.3 Å². The Kier molecular flexibility index (Phi) is 8.85. The molecule has 0 bridgehead atoms. The molecule has 15 heteroatoms. The van der Waals surface area contributed by atoms with Gasteiger partial charge in [-0.3, -0.25) is 9.97 Å². The quantitative estimate of drug-likeness (QED) is 0.143. The predicted octanol–water partition coefficient (Wildman–Crippen LogP) is 7.70. The van der Waals surface area contributed by atoms with Gasteiger partial charge in [-0.2, -0.15) is 22.8 Å². The van der Waals surface area contributed by atoms with Gasteiger partial charge in [0.25, 0.3) is 0 Å². The number of hydrogen-bond donors (Lipinski definition) is 0. The predicted molar refractivity (Wildman–Crippen MR) is 86.5 cm³/mol. The van der Waals surface area contributed by atoms with Crippen molar-refractivity contribution in [1.82, 2.24) is 9.97 Å². The second-order valence-electron chi connectivity index (χ2n) is 5.13. The van der Waals surface area contributed by atoms with E-state index < -0.39 is 30.8 Å². The largest absolute Gasteiger partial charge is 2.00 e. The number of rotatable bonds is 0. The number of fused-ring (bicyclic) bond motifs is 3. The molecule has 0 atom stereocenters. The van der Waals surface area contributed by atoms with Crippen molar-refractivity contribution in [2.24, 2.45) is 0 Å². The topological polar surface area (TPSA) is 49.6 Å². The second-order valence-corrected chi connectivity index (χ2v) is 7.05. The standard InChI is InChI=1S/C12H6F4N2.C2H3N.CH3.F6P.Pd/c13-11(14)7-3-1-5-17-9(7)10-8(12(11,15)16)4-2-6-18-10;1-2-3;;1-7(2,3,4,5)6;/h1-6H;1H3;1H3;;/q;;2*-1;+2. The molecule has 1 aliphatic carbocycles. The van der Waals surface area contributed by atoms with Gasteiger partial charge in [-0.1, -0.05) is 0 Å². The maximum Gasteiger partial charge on any atom is 2.00 e. The van der Waals surface area contributed by atoms with Gasteiger partial charge in [-0.05, 0) is 24.3 Å². The van der Waals surface area contributed by atoms with Crippen LogP contribution in [0.1, 0.15) is 18.1 Å². The van der Waals surface area contributed by atoms with Gasteiger partial charge in [0.05, 0.1) is 28.6 Å². The molecule has 0 N–H and O–H groups in total. The first kappa shape index (κ1) is 30.4. The van der Waals surface area contributed by atoms with Crippen LogP contribution in [0.2, 0.25) is 0 Å². The maximum absolute atomic E-state index is 13.8. The van der Waals surface area contributed by atoms with Gasteiger partial charge in [0, 0.05) is 19.3 Å². The third-order valence-corrected chi connectivity index (χ3v) is 2.91. The number of aromatic nitrogens is 2. The Hall–Kier alpha value is -1.82. The molecule has 0 fully saturated rings. The summed E-state index contributed by atoms with van der Waals surface area (Å²) in [6, 6.07) is 6.06. The minimum Gasteiger partial charge on any atom is -0.358 e. The first-order chi connectivity index (χ1) is 12.3. The van der Waals surface area contributed by atoms with Crippen LogP contribution in [0.15, 0.2) is 36.7 Å². The van der Waals surface area contributed by atoms with Crippen molar-refractivity contribution >= 4 is 7.81 Å². The number of halogens is 10. The van der Waals surface area contributed by atoms with Gasteiger partial charge in [0.2, 0.25) is 0 Å². The number of nitriles is 1. The summed E-state index contributed by atoms with van der Waals surface area (Å²) in [6.45, 7) is 1.43. The zero-order chi connectivity index (χ0) is 22.1. The third kappa shape index (κ3) is 8.13. The molecule has 3 rings (SSSR count). The fourth-order valence-electron chi connectivity index (χ4n) is 2.03. The summed E-state index contributed by atoms with van der Waals surface area (Å²) in [5, 5.41) is 7.32. The van der Waals surface area contributed by atoms with Crippen molar-refractivity contribution in [1.29, 1.82) is 5.26 Å². The zero-order valence-electron chi connectivity index (χ0n) is 14.8. The summed E-state index contributed by atoms with van der Waals surface area (Å²) < 4.78 is 115. The molecule has 0 aliphatic heterocycles. The molecule has 3 nitrogen and oxygen atoms in total. The van der Waals surface area contributed by atoms with Crippen LogP contribution in [0.25, 0.3) is 11.4 Å². The van der Waals surface area contributed by atoms with Gasteiger partial charge in [-0.25, -0.2) is 0 Å². The molecule has 0 saturated carbocycles. The van der Waals surface area contributed by atoms with Gasteiger partial charge in [0.1, 0.15) is 0 Å². The Morgan fingerprint density at radius 1 is 0.800 bits per heavy atom. The van der Waals surface area contributed by atoms with Crippen molar-refractivity contribution in [2.75, 3.05) is 0 Å². The van der Waals surface area contributed by atoms with E-state index in [0.29, 0.717) is 0 Å². The van der Waals surface area contributed by atoms with E-state index in [0.717, 1.165) is 12.1 Å². The monoisotopic (exact) mass is 561 g/mol. The van der Waals surface area contributed by atoms with Crippen LogP contribution in [0, 0.1) is 18.8 Å². The van der Waals surface area contributed by atoms with E-state index >= 15 is 0 Å². The molecule has 0 amide bonds. The molecule has 0 unspecified atom stereocenters. The molecule has 2 aromatic heterocycles. The molecule has 1 aliphatic rings. The number of nitrogens with zero attached hydrogens (tertiary/aromatic N) is 3. The first-order valence-electron chi connectivity index (χ1n) is 6.87. The van der Waals surface area contributed by atoms with Gasteiger partial charge < -0.3 is 7.43 Å². The summed E-state index contributed by atoms with van der Waals surface area (Å²) in [4.78, 5) is 7.49. The average molecular weight is 562 g/mol. The Morgan fingerprint density at radius 3 is 1.27 bits per heavy atom. The Balaban J connectivity index is 0. The van der Waals surface area contributed by atoms with E-state index in [-0.39, 0.29) is 39.2 Å². The normalized spacial score (nSPS) is 17.0.